The molecule has 0 bridgehead atoms. The van der Waals surface area contributed by atoms with E-state index in [1.54, 1.807) is 0 Å². The molecule has 0 aliphatic carbocycles. The molecule has 14 heteroatoms. The molecule has 0 aromatic heterocycles. The zero-order chi connectivity index (χ0) is 16.5. The van der Waals surface area contributed by atoms with Crippen LogP contribution in [-0.2, 0) is 27.7 Å². The molecule has 0 radical (unpaired) electrons. The third kappa shape index (κ3) is 14.2. The van der Waals surface area contributed by atoms with Crippen LogP contribution in [0.15, 0.2) is 0 Å². The average Bonchev–Trinajstić information content (AvgIpc) is 2.30. The van der Waals surface area contributed by atoms with Crippen LogP contribution in [0.5, 0.6) is 0 Å². The number of methoxy groups -OCH3 is 1. The van der Waals surface area contributed by atoms with E-state index in [1.165, 1.54) is 7.11 Å². The smallest absolute Gasteiger partial charge is 0.447 e. The second-order valence-electron chi connectivity index (χ2n) is 3.51. The Morgan fingerprint density at radius 1 is 1.14 bits per heavy atom. The van der Waals surface area contributed by atoms with Crippen molar-refractivity contribution in [2.24, 2.45) is 0 Å². The van der Waals surface area contributed by atoms with E-state index < -0.39 is 41.0 Å². The van der Waals surface area contributed by atoms with Gasteiger partial charge in [-0.15, -0.1) is 0 Å². The Hall–Kier alpha value is -0.550. The van der Waals surface area contributed by atoms with Crippen LogP contribution in [0, 0.1) is 0 Å². The molecule has 1 unspecified atom stereocenters. The molecule has 0 spiro atoms. The zero-order valence-corrected chi connectivity index (χ0v) is 12.7. The predicted octanol–water partition coefficient (Wildman–Crippen LogP) is -1.05. The fourth-order valence-electron chi connectivity index (χ4n) is 0.967. The molecule has 1 amide bonds. The van der Waals surface area contributed by atoms with Crippen LogP contribution in [0.3, 0.4) is 0 Å². The minimum atomic E-state index is -4.93. The molecular formula is C7H17NO11P2. The Balaban J connectivity index is 4.30. The highest BCUT2D eigenvalue weighted by molar-refractivity contribution is 7.46. The first-order valence-electron chi connectivity index (χ1n) is 5.37. The number of carbonyl (C=O) groups is 1. The molecule has 0 fully saturated rings. The van der Waals surface area contributed by atoms with Crippen LogP contribution in [-0.4, -0.2) is 65.2 Å². The maximum Gasteiger partial charge on any atom is 0.469 e. The van der Waals surface area contributed by atoms with Gasteiger partial charge in [-0.05, 0) is 0 Å². The van der Waals surface area contributed by atoms with Gasteiger partial charge in [0.25, 0.3) is 0 Å². The highest BCUT2D eigenvalue weighted by Crippen LogP contribution is 2.40. The monoisotopic (exact) mass is 353 g/mol. The van der Waals surface area contributed by atoms with Crippen LogP contribution in [0.25, 0.3) is 0 Å². The van der Waals surface area contributed by atoms with Crippen molar-refractivity contribution in [3.05, 3.63) is 0 Å². The van der Waals surface area contributed by atoms with Crippen molar-refractivity contribution < 1.29 is 52.0 Å². The zero-order valence-electron chi connectivity index (χ0n) is 10.9. The van der Waals surface area contributed by atoms with Gasteiger partial charge in [0.1, 0.15) is 12.7 Å². The predicted molar refractivity (Wildman–Crippen MR) is 66.1 cm³/mol. The molecule has 0 rings (SSSR count). The first-order valence-corrected chi connectivity index (χ1v) is 8.43. The van der Waals surface area contributed by atoms with Crippen LogP contribution >= 0.6 is 15.6 Å². The van der Waals surface area contributed by atoms with Gasteiger partial charge < -0.3 is 34.4 Å². The van der Waals surface area contributed by atoms with Crippen molar-refractivity contribution in [2.45, 2.75) is 6.10 Å². The Labute approximate surface area is 119 Å². The second kappa shape index (κ2) is 9.46. The Morgan fingerprint density at radius 3 is 2.24 bits per heavy atom. The van der Waals surface area contributed by atoms with Crippen molar-refractivity contribution in [1.29, 1.82) is 0 Å². The average molecular weight is 353 g/mol. The molecule has 0 aliphatic heterocycles. The van der Waals surface area contributed by atoms with E-state index in [1.807, 2.05) is 0 Å². The highest BCUT2D eigenvalue weighted by Gasteiger charge is 2.26. The van der Waals surface area contributed by atoms with E-state index in [-0.39, 0.29) is 13.2 Å². The lowest BCUT2D eigenvalue weighted by atomic mass is 10.4. The van der Waals surface area contributed by atoms with Crippen molar-refractivity contribution in [1.82, 2.24) is 5.32 Å². The number of phosphoric ester groups is 2. The number of phosphoric acid groups is 2. The summed E-state index contributed by atoms with van der Waals surface area (Å²) in [7, 11) is -8.39. The molecule has 126 valence electrons. The van der Waals surface area contributed by atoms with Gasteiger partial charge in [-0.1, -0.05) is 0 Å². The Kier molecular flexibility index (Phi) is 9.22. The molecule has 1 atom stereocenters. The summed E-state index contributed by atoms with van der Waals surface area (Å²) in [6.45, 7) is -1.26. The number of alkyl carbamates (subject to hydrolysis) is 1. The molecule has 0 aromatic rings. The minimum absolute atomic E-state index is 0.0503. The maximum absolute atomic E-state index is 11.2. The lowest BCUT2D eigenvalue weighted by Crippen LogP contribution is -2.36. The van der Waals surface area contributed by atoms with Gasteiger partial charge in [0.15, 0.2) is 0 Å². The van der Waals surface area contributed by atoms with Crippen LogP contribution in [0.1, 0.15) is 0 Å². The molecule has 21 heavy (non-hydrogen) atoms. The second-order valence-corrected chi connectivity index (χ2v) is 5.95. The van der Waals surface area contributed by atoms with E-state index in [0.29, 0.717) is 0 Å². The fraction of sp³-hybridized carbons (Fsp3) is 0.857. The summed E-state index contributed by atoms with van der Waals surface area (Å²) in [5.74, 6) is 0. The third-order valence-electron chi connectivity index (χ3n) is 1.71. The van der Waals surface area contributed by atoms with E-state index in [2.05, 4.69) is 23.8 Å². The highest BCUT2D eigenvalue weighted by atomic mass is 31.2. The van der Waals surface area contributed by atoms with E-state index in [9.17, 15) is 13.9 Å². The summed E-state index contributed by atoms with van der Waals surface area (Å²) in [5, 5.41) is 2.08. The largest absolute Gasteiger partial charge is 0.469 e. The maximum atomic E-state index is 11.2. The van der Waals surface area contributed by atoms with Crippen molar-refractivity contribution in [3.8, 4) is 0 Å². The number of ether oxygens (including phenoxy) is 2. The lowest BCUT2D eigenvalue weighted by Gasteiger charge is -2.18. The van der Waals surface area contributed by atoms with Gasteiger partial charge in [0.2, 0.25) is 0 Å². The first-order chi connectivity index (χ1) is 9.53. The van der Waals surface area contributed by atoms with Gasteiger partial charge in [-0.3, -0.25) is 9.05 Å². The van der Waals surface area contributed by atoms with Gasteiger partial charge in [0.05, 0.1) is 19.8 Å². The summed E-state index contributed by atoms with van der Waals surface area (Å²) in [6.07, 6.45) is -2.42. The molecule has 0 saturated carbocycles. The number of hydrogen-bond acceptors (Lipinski definition) is 7. The summed E-state index contributed by atoms with van der Waals surface area (Å²) in [5.41, 5.74) is 0. The molecule has 12 nitrogen and oxygen atoms in total. The molecule has 0 aliphatic rings. The van der Waals surface area contributed by atoms with Crippen LogP contribution < -0.4 is 5.32 Å². The van der Waals surface area contributed by atoms with Crippen molar-refractivity contribution in [3.63, 3.8) is 0 Å². The number of hydrogen-bond donors (Lipinski definition) is 5. The van der Waals surface area contributed by atoms with E-state index in [4.69, 9.17) is 19.6 Å². The van der Waals surface area contributed by atoms with Crippen LogP contribution in [0.2, 0.25) is 0 Å². The number of nitrogens with one attached hydrogen (secondary N) is 1. The quantitative estimate of drug-likeness (QED) is 0.239. The summed E-state index contributed by atoms with van der Waals surface area (Å²) < 4.78 is 38.7. The van der Waals surface area contributed by atoms with Crippen LogP contribution in [0.4, 0.5) is 4.79 Å². The Bertz CT molecular complexity index is 403. The van der Waals surface area contributed by atoms with Crippen molar-refractivity contribution >= 4 is 21.7 Å². The minimum Gasteiger partial charge on any atom is -0.447 e. The summed E-state index contributed by atoms with van der Waals surface area (Å²) >= 11 is 0. The van der Waals surface area contributed by atoms with Crippen molar-refractivity contribution in [2.75, 3.05) is 33.5 Å². The third-order valence-corrected chi connectivity index (χ3v) is 2.77. The lowest BCUT2D eigenvalue weighted by molar-refractivity contribution is 0.0670. The molecule has 0 heterocycles. The Morgan fingerprint density at radius 2 is 1.76 bits per heavy atom. The number of amides is 1. The van der Waals surface area contributed by atoms with Gasteiger partial charge >= 0.3 is 21.7 Å². The first kappa shape index (κ1) is 20.5. The van der Waals surface area contributed by atoms with Gasteiger partial charge in [-0.25, -0.2) is 13.9 Å². The van der Waals surface area contributed by atoms with Gasteiger partial charge in [-0.2, -0.15) is 0 Å². The normalized spacial score (nSPS) is 13.8. The van der Waals surface area contributed by atoms with Gasteiger partial charge in [0, 0.05) is 7.11 Å². The molecule has 5 N–H and O–H groups in total. The standard InChI is InChI=1S/C7H17NO11P2/c1-16-2-3-17-7(9)8-4-6(19-21(13,14)15)5-18-20(10,11)12/h6H,2-5H2,1H3,(H,8,9)(H2,10,11,12)(H2,13,14,15). The fourth-order valence-corrected chi connectivity index (χ4v) is 1.85. The summed E-state index contributed by atoms with van der Waals surface area (Å²) in [6, 6.07) is 0. The number of carbonyl (C=O) groups excluding carboxylic acids is 1. The SMILES string of the molecule is COCCOC(=O)NCC(COP(=O)(O)O)OP(=O)(O)O. The molecular weight excluding hydrogens is 336 g/mol. The topological polar surface area (TPSA) is 181 Å². The summed E-state index contributed by atoms with van der Waals surface area (Å²) in [4.78, 5) is 45.4. The number of rotatable bonds is 10. The molecule has 0 saturated heterocycles. The molecule has 0 aromatic carbocycles. The van der Waals surface area contributed by atoms with E-state index in [0.717, 1.165) is 0 Å². The van der Waals surface area contributed by atoms with E-state index >= 15 is 0 Å².